The molecule has 3 aromatic rings. The topological polar surface area (TPSA) is 106 Å². The molecule has 1 aromatic heterocycles. The fourth-order valence-electron chi connectivity index (χ4n) is 2.65. The number of para-hydroxylation sites is 2. The van der Waals surface area contributed by atoms with E-state index in [1.165, 1.54) is 12.3 Å². The lowest BCUT2D eigenvalue weighted by molar-refractivity contribution is -0.384. The normalized spacial score (nSPS) is 11.0. The molecule has 3 rings (SSSR count). The molecule has 2 aromatic carbocycles. The third-order valence-corrected chi connectivity index (χ3v) is 3.92. The van der Waals surface area contributed by atoms with E-state index in [2.05, 4.69) is 15.5 Å². The van der Waals surface area contributed by atoms with Crippen LogP contribution >= 0.6 is 0 Å². The summed E-state index contributed by atoms with van der Waals surface area (Å²) in [5, 5.41) is 15.1. The number of aromatic nitrogens is 2. The minimum atomic E-state index is -0.449. The molecule has 9 heteroatoms. The summed E-state index contributed by atoms with van der Waals surface area (Å²) >= 11 is 0. The van der Waals surface area contributed by atoms with Crippen molar-refractivity contribution in [2.45, 2.75) is 6.54 Å². The van der Waals surface area contributed by atoms with Gasteiger partial charge in [0.1, 0.15) is 12.2 Å². The van der Waals surface area contributed by atoms with Crippen LogP contribution in [-0.2, 0) is 11.3 Å². The maximum atomic E-state index is 12.1. The van der Waals surface area contributed by atoms with Gasteiger partial charge < -0.3 is 9.47 Å². The van der Waals surface area contributed by atoms with Crippen molar-refractivity contribution in [3.8, 4) is 0 Å². The molecule has 0 aliphatic heterocycles. The number of nitrogens with zero attached hydrogens (tertiary/aromatic N) is 5. The summed E-state index contributed by atoms with van der Waals surface area (Å²) in [5.74, 6) is -0.325. The lowest BCUT2D eigenvalue weighted by Crippen LogP contribution is -2.22. The van der Waals surface area contributed by atoms with Gasteiger partial charge in [0.2, 0.25) is 0 Å². The minimum absolute atomic E-state index is 0.0276. The van der Waals surface area contributed by atoms with E-state index in [0.717, 1.165) is 11.0 Å². The van der Waals surface area contributed by atoms with Crippen molar-refractivity contribution in [3.63, 3.8) is 0 Å². The molecule has 0 spiro atoms. The standard InChI is InChI=1S/C18H18N6O3/c1-22(2)16-8-7-13(9-17(16)24(26)27)10-20-21-18(25)11-23-12-19-14-5-3-4-6-15(14)23/h3-10,12H,11H2,1-2H3,(H,21,25). The SMILES string of the molecule is CN(C)c1ccc(C=NNC(=O)Cn2cnc3ccccc32)cc1[N+](=O)[O-]. The molecule has 0 unspecified atom stereocenters. The number of carbonyl (C=O) groups excluding carboxylic acids is 1. The van der Waals surface area contributed by atoms with Gasteiger partial charge in [0.05, 0.1) is 28.5 Å². The van der Waals surface area contributed by atoms with Gasteiger partial charge in [-0.2, -0.15) is 5.10 Å². The first-order valence-electron chi connectivity index (χ1n) is 8.13. The molecule has 1 amide bonds. The number of carbonyl (C=O) groups is 1. The third-order valence-electron chi connectivity index (χ3n) is 3.92. The van der Waals surface area contributed by atoms with Crippen LogP contribution in [-0.4, -0.2) is 40.7 Å². The fraction of sp³-hybridized carbons (Fsp3) is 0.167. The summed E-state index contributed by atoms with van der Waals surface area (Å²) < 4.78 is 1.72. The smallest absolute Gasteiger partial charge is 0.293 e. The van der Waals surface area contributed by atoms with Crippen molar-refractivity contribution in [2.75, 3.05) is 19.0 Å². The van der Waals surface area contributed by atoms with Crippen molar-refractivity contribution < 1.29 is 9.72 Å². The zero-order valence-electron chi connectivity index (χ0n) is 14.9. The molecular formula is C18H18N6O3. The second-order valence-corrected chi connectivity index (χ2v) is 6.05. The molecule has 0 saturated carbocycles. The van der Waals surface area contributed by atoms with Crippen molar-refractivity contribution in [3.05, 3.63) is 64.5 Å². The van der Waals surface area contributed by atoms with Gasteiger partial charge in [0.15, 0.2) is 0 Å². The molecule has 1 heterocycles. The largest absolute Gasteiger partial charge is 0.372 e. The van der Waals surface area contributed by atoms with Crippen LogP contribution in [0.25, 0.3) is 11.0 Å². The molecule has 27 heavy (non-hydrogen) atoms. The van der Waals surface area contributed by atoms with Crippen LogP contribution in [0.2, 0.25) is 0 Å². The predicted octanol–water partition coefficient (Wildman–Crippen LogP) is 2.16. The van der Waals surface area contributed by atoms with Crippen LogP contribution in [0.5, 0.6) is 0 Å². The van der Waals surface area contributed by atoms with Gasteiger partial charge in [-0.25, -0.2) is 10.4 Å². The zero-order valence-corrected chi connectivity index (χ0v) is 14.9. The lowest BCUT2D eigenvalue weighted by Gasteiger charge is -2.12. The van der Waals surface area contributed by atoms with Gasteiger partial charge in [0, 0.05) is 25.7 Å². The Hall–Kier alpha value is -3.75. The highest BCUT2D eigenvalue weighted by Crippen LogP contribution is 2.27. The number of imidazole rings is 1. The maximum Gasteiger partial charge on any atom is 0.293 e. The van der Waals surface area contributed by atoms with Crippen molar-refractivity contribution >= 4 is 34.5 Å². The Kier molecular flexibility index (Phi) is 5.11. The van der Waals surface area contributed by atoms with E-state index < -0.39 is 4.92 Å². The summed E-state index contributed by atoms with van der Waals surface area (Å²) in [7, 11) is 3.46. The molecule has 0 radical (unpaired) electrons. The Balaban J connectivity index is 1.67. The zero-order chi connectivity index (χ0) is 19.4. The second-order valence-electron chi connectivity index (χ2n) is 6.05. The van der Waals surface area contributed by atoms with E-state index in [4.69, 9.17) is 0 Å². The van der Waals surface area contributed by atoms with Gasteiger partial charge in [-0.1, -0.05) is 18.2 Å². The van der Waals surface area contributed by atoms with Gasteiger partial charge in [-0.05, 0) is 18.2 Å². The summed E-state index contributed by atoms with van der Waals surface area (Å²) in [5.41, 5.74) is 5.06. The number of anilines is 1. The first kappa shape index (κ1) is 18.1. The number of hydrazone groups is 1. The van der Waals surface area contributed by atoms with E-state index in [1.54, 1.807) is 42.0 Å². The Labute approximate surface area is 155 Å². The Bertz CT molecular complexity index is 1020. The highest BCUT2D eigenvalue weighted by Gasteiger charge is 2.15. The summed E-state index contributed by atoms with van der Waals surface area (Å²) in [6.45, 7) is 0.0670. The van der Waals surface area contributed by atoms with E-state index in [-0.39, 0.29) is 18.1 Å². The van der Waals surface area contributed by atoms with Crippen molar-refractivity contribution in [2.24, 2.45) is 5.10 Å². The van der Waals surface area contributed by atoms with E-state index in [1.807, 2.05) is 24.3 Å². The summed E-state index contributed by atoms with van der Waals surface area (Å²) in [6, 6.07) is 12.2. The second kappa shape index (κ2) is 7.65. The van der Waals surface area contributed by atoms with Gasteiger partial charge in [-0.3, -0.25) is 14.9 Å². The van der Waals surface area contributed by atoms with Crippen LogP contribution in [0, 0.1) is 10.1 Å². The number of nitrogens with one attached hydrogen (secondary N) is 1. The molecule has 0 fully saturated rings. The molecule has 138 valence electrons. The predicted molar refractivity (Wildman–Crippen MR) is 103 cm³/mol. The number of rotatable bonds is 6. The quantitative estimate of drug-likeness (QED) is 0.409. The van der Waals surface area contributed by atoms with E-state index >= 15 is 0 Å². The molecule has 0 aliphatic carbocycles. The van der Waals surface area contributed by atoms with Crippen LogP contribution in [0.3, 0.4) is 0 Å². The van der Waals surface area contributed by atoms with Crippen LogP contribution in [0.4, 0.5) is 11.4 Å². The number of hydrogen-bond donors (Lipinski definition) is 1. The molecule has 1 N–H and O–H groups in total. The van der Waals surface area contributed by atoms with Crippen molar-refractivity contribution in [1.82, 2.24) is 15.0 Å². The number of benzene rings is 2. The third kappa shape index (κ3) is 4.09. The van der Waals surface area contributed by atoms with E-state index in [9.17, 15) is 14.9 Å². The average molecular weight is 366 g/mol. The van der Waals surface area contributed by atoms with Crippen LogP contribution in [0.1, 0.15) is 5.56 Å². The summed E-state index contributed by atoms with van der Waals surface area (Å²) in [6.07, 6.45) is 2.97. The molecule has 0 bridgehead atoms. The van der Waals surface area contributed by atoms with Gasteiger partial charge in [-0.15, -0.1) is 0 Å². The number of nitro benzene ring substituents is 1. The molecule has 0 saturated heterocycles. The fourth-order valence-corrected chi connectivity index (χ4v) is 2.65. The molecule has 9 nitrogen and oxygen atoms in total. The minimum Gasteiger partial charge on any atom is -0.372 e. The van der Waals surface area contributed by atoms with Crippen molar-refractivity contribution in [1.29, 1.82) is 0 Å². The number of nitro groups is 1. The Morgan fingerprint density at radius 3 is 2.85 bits per heavy atom. The van der Waals surface area contributed by atoms with Gasteiger partial charge in [0.25, 0.3) is 11.6 Å². The van der Waals surface area contributed by atoms with Crippen LogP contribution in [0.15, 0.2) is 53.9 Å². The number of amides is 1. The monoisotopic (exact) mass is 366 g/mol. The Morgan fingerprint density at radius 2 is 2.11 bits per heavy atom. The molecule has 0 atom stereocenters. The van der Waals surface area contributed by atoms with Crippen LogP contribution < -0.4 is 10.3 Å². The maximum absolute atomic E-state index is 12.1. The average Bonchev–Trinajstić information content (AvgIpc) is 3.04. The highest BCUT2D eigenvalue weighted by molar-refractivity contribution is 5.85. The molecule has 0 aliphatic rings. The first-order valence-corrected chi connectivity index (χ1v) is 8.13. The van der Waals surface area contributed by atoms with Gasteiger partial charge >= 0.3 is 0 Å². The summed E-state index contributed by atoms with van der Waals surface area (Å²) in [4.78, 5) is 28.7. The Morgan fingerprint density at radius 1 is 1.33 bits per heavy atom. The number of hydrogen-bond acceptors (Lipinski definition) is 6. The number of fused-ring (bicyclic) bond motifs is 1. The van der Waals surface area contributed by atoms with E-state index in [0.29, 0.717) is 11.3 Å². The lowest BCUT2D eigenvalue weighted by atomic mass is 10.2. The first-order chi connectivity index (χ1) is 13.0. The molecular weight excluding hydrogens is 348 g/mol. The highest BCUT2D eigenvalue weighted by atomic mass is 16.6.